The van der Waals surface area contributed by atoms with Crippen LogP contribution in [0.15, 0.2) is 48.5 Å². The lowest BCUT2D eigenvalue weighted by Crippen LogP contribution is -2.56. The third kappa shape index (κ3) is 3.88. The number of para-hydroxylation sites is 2. The Morgan fingerprint density at radius 1 is 1.11 bits per heavy atom. The summed E-state index contributed by atoms with van der Waals surface area (Å²) < 4.78 is 5.39. The highest BCUT2D eigenvalue weighted by atomic mass is 16.5. The average molecular weight is 380 g/mol. The molecule has 5 nitrogen and oxygen atoms in total. The van der Waals surface area contributed by atoms with Crippen LogP contribution in [-0.4, -0.2) is 30.9 Å². The van der Waals surface area contributed by atoms with Gasteiger partial charge in [0.1, 0.15) is 11.2 Å². The van der Waals surface area contributed by atoms with Gasteiger partial charge in [-0.1, -0.05) is 36.4 Å². The van der Waals surface area contributed by atoms with Crippen molar-refractivity contribution < 1.29 is 14.3 Å². The van der Waals surface area contributed by atoms with Crippen molar-refractivity contribution in [2.45, 2.75) is 39.2 Å². The zero-order valence-corrected chi connectivity index (χ0v) is 17.0. The van der Waals surface area contributed by atoms with Gasteiger partial charge < -0.3 is 15.4 Å². The van der Waals surface area contributed by atoms with Crippen LogP contribution in [0.5, 0.6) is 5.75 Å². The van der Waals surface area contributed by atoms with Crippen molar-refractivity contribution in [3.8, 4) is 5.75 Å². The SMILES string of the molecule is COc1ccccc1NC[C@]1(C(=O)NC(C)(C)C)CCc2ccccc2C1=O. The summed E-state index contributed by atoms with van der Waals surface area (Å²) in [6, 6.07) is 15.1. The fraction of sp³-hybridized carbons (Fsp3) is 0.391. The third-order valence-electron chi connectivity index (χ3n) is 5.13. The predicted molar refractivity (Wildman–Crippen MR) is 111 cm³/mol. The summed E-state index contributed by atoms with van der Waals surface area (Å²) in [5, 5.41) is 6.32. The van der Waals surface area contributed by atoms with Crippen LogP contribution in [0.2, 0.25) is 0 Å². The van der Waals surface area contributed by atoms with E-state index in [0.29, 0.717) is 24.2 Å². The van der Waals surface area contributed by atoms with E-state index in [0.717, 1.165) is 11.3 Å². The van der Waals surface area contributed by atoms with Gasteiger partial charge in [0.25, 0.3) is 0 Å². The minimum atomic E-state index is -1.16. The third-order valence-corrected chi connectivity index (χ3v) is 5.13. The number of ketones is 1. The second-order valence-corrected chi connectivity index (χ2v) is 8.33. The van der Waals surface area contributed by atoms with E-state index >= 15 is 0 Å². The highest BCUT2D eigenvalue weighted by Crippen LogP contribution is 2.37. The second-order valence-electron chi connectivity index (χ2n) is 8.33. The summed E-state index contributed by atoms with van der Waals surface area (Å²) in [6.45, 7) is 5.98. The molecule has 2 N–H and O–H groups in total. The lowest BCUT2D eigenvalue weighted by atomic mass is 9.69. The molecule has 0 bridgehead atoms. The summed E-state index contributed by atoms with van der Waals surface area (Å²) in [7, 11) is 1.60. The molecule has 0 saturated carbocycles. The Morgan fingerprint density at radius 3 is 2.50 bits per heavy atom. The molecule has 1 amide bonds. The first-order valence-corrected chi connectivity index (χ1v) is 9.59. The molecule has 5 heteroatoms. The molecule has 2 aromatic carbocycles. The topological polar surface area (TPSA) is 67.4 Å². The molecular formula is C23H28N2O3. The molecule has 3 rings (SSSR count). The lowest BCUT2D eigenvalue weighted by molar-refractivity contribution is -0.129. The molecule has 2 aromatic rings. The second kappa shape index (κ2) is 7.66. The summed E-state index contributed by atoms with van der Waals surface area (Å²) in [5.74, 6) is 0.318. The predicted octanol–water partition coefficient (Wildman–Crippen LogP) is 3.84. The van der Waals surface area contributed by atoms with Gasteiger partial charge >= 0.3 is 0 Å². The summed E-state index contributed by atoms with van der Waals surface area (Å²) in [4.78, 5) is 26.8. The van der Waals surface area contributed by atoms with Crippen molar-refractivity contribution in [2.75, 3.05) is 19.0 Å². The molecular weight excluding hydrogens is 352 g/mol. The van der Waals surface area contributed by atoms with Gasteiger partial charge in [-0.15, -0.1) is 0 Å². The number of carbonyl (C=O) groups is 2. The molecule has 0 aliphatic heterocycles. The van der Waals surface area contributed by atoms with Gasteiger partial charge in [-0.3, -0.25) is 9.59 Å². The van der Waals surface area contributed by atoms with Crippen molar-refractivity contribution >= 4 is 17.4 Å². The Hall–Kier alpha value is -2.82. The maximum absolute atomic E-state index is 13.5. The fourth-order valence-corrected chi connectivity index (χ4v) is 3.64. The number of ether oxygens (including phenoxy) is 1. The van der Waals surface area contributed by atoms with Crippen molar-refractivity contribution in [3.05, 3.63) is 59.7 Å². The maximum atomic E-state index is 13.5. The number of fused-ring (bicyclic) bond motifs is 1. The van der Waals surface area contributed by atoms with Gasteiger partial charge in [-0.2, -0.15) is 0 Å². The minimum Gasteiger partial charge on any atom is -0.495 e. The molecule has 0 heterocycles. The van der Waals surface area contributed by atoms with Crippen LogP contribution in [0.25, 0.3) is 0 Å². The lowest BCUT2D eigenvalue weighted by Gasteiger charge is -2.38. The van der Waals surface area contributed by atoms with E-state index in [1.807, 2.05) is 69.3 Å². The Morgan fingerprint density at radius 2 is 1.79 bits per heavy atom. The Bertz CT molecular complexity index is 885. The number of hydrogen-bond donors (Lipinski definition) is 2. The van der Waals surface area contributed by atoms with E-state index in [-0.39, 0.29) is 18.2 Å². The van der Waals surface area contributed by atoms with Crippen molar-refractivity contribution in [3.63, 3.8) is 0 Å². The Kier molecular flexibility index (Phi) is 5.45. The molecule has 0 spiro atoms. The number of amides is 1. The van der Waals surface area contributed by atoms with E-state index in [2.05, 4.69) is 10.6 Å². The molecule has 148 valence electrons. The van der Waals surface area contributed by atoms with E-state index < -0.39 is 11.0 Å². The molecule has 0 saturated heterocycles. The zero-order valence-electron chi connectivity index (χ0n) is 17.0. The van der Waals surface area contributed by atoms with E-state index in [4.69, 9.17) is 4.74 Å². The highest BCUT2D eigenvalue weighted by molar-refractivity contribution is 6.16. The molecule has 0 aromatic heterocycles. The van der Waals surface area contributed by atoms with Crippen LogP contribution >= 0.6 is 0 Å². The van der Waals surface area contributed by atoms with Crippen LogP contribution in [-0.2, 0) is 11.2 Å². The quantitative estimate of drug-likeness (QED) is 0.774. The molecule has 1 aliphatic rings. The Labute approximate surface area is 166 Å². The molecule has 0 radical (unpaired) electrons. The van der Waals surface area contributed by atoms with Gasteiger partial charge in [0.2, 0.25) is 5.91 Å². The first kappa shape index (κ1) is 19.9. The number of carbonyl (C=O) groups excluding carboxylic acids is 2. The zero-order chi connectivity index (χ0) is 20.4. The number of rotatable bonds is 5. The first-order valence-electron chi connectivity index (χ1n) is 9.59. The van der Waals surface area contributed by atoms with E-state index in [9.17, 15) is 9.59 Å². The van der Waals surface area contributed by atoms with Crippen molar-refractivity contribution in [2.24, 2.45) is 5.41 Å². The van der Waals surface area contributed by atoms with Gasteiger partial charge in [-0.25, -0.2) is 0 Å². The minimum absolute atomic E-state index is 0.126. The molecule has 0 fully saturated rings. The van der Waals surface area contributed by atoms with Crippen molar-refractivity contribution in [1.82, 2.24) is 5.32 Å². The summed E-state index contributed by atoms with van der Waals surface area (Å²) in [5.41, 5.74) is 0.817. The maximum Gasteiger partial charge on any atom is 0.236 e. The fourth-order valence-electron chi connectivity index (χ4n) is 3.64. The molecule has 1 aliphatic carbocycles. The van der Waals surface area contributed by atoms with E-state index in [1.165, 1.54) is 0 Å². The van der Waals surface area contributed by atoms with Crippen LogP contribution in [0.4, 0.5) is 5.69 Å². The van der Waals surface area contributed by atoms with Crippen LogP contribution in [0.1, 0.15) is 43.1 Å². The summed E-state index contributed by atoms with van der Waals surface area (Å²) in [6.07, 6.45) is 1.15. The number of anilines is 1. The monoisotopic (exact) mass is 380 g/mol. The van der Waals surface area contributed by atoms with Gasteiger partial charge in [0.05, 0.1) is 12.8 Å². The van der Waals surface area contributed by atoms with Crippen LogP contribution in [0, 0.1) is 5.41 Å². The number of methoxy groups -OCH3 is 1. The van der Waals surface area contributed by atoms with Gasteiger partial charge in [-0.05, 0) is 51.3 Å². The van der Waals surface area contributed by atoms with E-state index in [1.54, 1.807) is 7.11 Å². The number of aryl methyl sites for hydroxylation is 1. The highest BCUT2D eigenvalue weighted by Gasteiger charge is 2.49. The normalized spacial score (nSPS) is 18.9. The van der Waals surface area contributed by atoms with Gasteiger partial charge in [0, 0.05) is 17.6 Å². The van der Waals surface area contributed by atoms with Gasteiger partial charge in [0.15, 0.2) is 5.78 Å². The number of benzene rings is 2. The standard InChI is InChI=1S/C23H28N2O3/c1-22(2,3)25-21(27)23(15-24-18-11-7-8-12-19(18)28-4)14-13-16-9-5-6-10-17(16)20(23)26/h5-12,24H,13-15H2,1-4H3,(H,25,27)/t23-/m1/s1. The average Bonchev–Trinajstić information content (AvgIpc) is 2.67. The molecule has 0 unspecified atom stereocenters. The Balaban J connectivity index is 1.96. The first-order chi connectivity index (χ1) is 13.3. The number of Topliss-reactive ketones (excluding diaryl/α,β-unsaturated/α-hetero) is 1. The molecule has 1 atom stereocenters. The molecule has 28 heavy (non-hydrogen) atoms. The largest absolute Gasteiger partial charge is 0.495 e. The van der Waals surface area contributed by atoms with Crippen LogP contribution in [0.3, 0.4) is 0 Å². The number of hydrogen-bond acceptors (Lipinski definition) is 4. The van der Waals surface area contributed by atoms with Crippen LogP contribution < -0.4 is 15.4 Å². The smallest absolute Gasteiger partial charge is 0.236 e. The summed E-state index contributed by atoms with van der Waals surface area (Å²) >= 11 is 0. The number of nitrogens with one attached hydrogen (secondary N) is 2. The van der Waals surface area contributed by atoms with Crippen molar-refractivity contribution in [1.29, 1.82) is 0 Å².